The second-order valence-corrected chi connectivity index (χ2v) is 7.71. The Morgan fingerprint density at radius 2 is 1.87 bits per heavy atom. The summed E-state index contributed by atoms with van der Waals surface area (Å²) in [5, 5.41) is 10.7. The van der Waals surface area contributed by atoms with Crippen molar-refractivity contribution in [3.05, 3.63) is 75.9 Å². The first-order valence-corrected chi connectivity index (χ1v) is 10.3. The van der Waals surface area contributed by atoms with E-state index in [-0.39, 0.29) is 23.0 Å². The first-order valence-electron chi connectivity index (χ1n) is 9.51. The van der Waals surface area contributed by atoms with Gasteiger partial charge in [-0.05, 0) is 37.1 Å². The fourth-order valence-electron chi connectivity index (χ4n) is 2.94. The third-order valence-electron chi connectivity index (χ3n) is 4.64. The zero-order valence-electron chi connectivity index (χ0n) is 16.5. The van der Waals surface area contributed by atoms with E-state index in [1.54, 1.807) is 18.0 Å². The van der Waals surface area contributed by atoms with Crippen molar-refractivity contribution < 1.29 is 9.59 Å². The quantitative estimate of drug-likeness (QED) is 0.546. The van der Waals surface area contributed by atoms with Gasteiger partial charge < -0.3 is 10.2 Å². The summed E-state index contributed by atoms with van der Waals surface area (Å²) < 4.78 is 0. The molecule has 0 aliphatic carbocycles. The molecule has 0 atom stereocenters. The highest BCUT2D eigenvalue weighted by molar-refractivity contribution is 6.36. The van der Waals surface area contributed by atoms with Crippen molar-refractivity contribution in [3.63, 3.8) is 0 Å². The molecule has 0 bridgehead atoms. The molecular weight excluding hydrogens is 423 g/mol. The SMILES string of the molecule is CN(CCCc1cc(-c2ccccc2)n[nH]1)C(=O)CNC(=O)c1ccc(Cl)cc1Cl. The molecule has 0 radical (unpaired) electrons. The van der Waals surface area contributed by atoms with Crippen LogP contribution in [0.4, 0.5) is 0 Å². The molecule has 0 aliphatic heterocycles. The Hall–Kier alpha value is -2.83. The number of likely N-dealkylation sites (N-methyl/N-ethyl adjacent to an activating group) is 1. The van der Waals surface area contributed by atoms with Gasteiger partial charge in [-0.25, -0.2) is 0 Å². The average Bonchev–Trinajstić information content (AvgIpc) is 3.21. The van der Waals surface area contributed by atoms with Gasteiger partial charge in [0.15, 0.2) is 0 Å². The molecule has 2 amide bonds. The van der Waals surface area contributed by atoms with Crippen LogP contribution in [0.2, 0.25) is 10.0 Å². The van der Waals surface area contributed by atoms with Crippen molar-refractivity contribution in [2.75, 3.05) is 20.1 Å². The maximum Gasteiger partial charge on any atom is 0.253 e. The summed E-state index contributed by atoms with van der Waals surface area (Å²) in [6, 6.07) is 16.6. The van der Waals surface area contributed by atoms with Gasteiger partial charge in [0.25, 0.3) is 5.91 Å². The Labute approximate surface area is 185 Å². The number of rotatable bonds is 8. The van der Waals surface area contributed by atoms with Gasteiger partial charge in [0.2, 0.25) is 5.91 Å². The van der Waals surface area contributed by atoms with Gasteiger partial charge in [-0.2, -0.15) is 5.10 Å². The maximum atomic E-state index is 12.3. The zero-order valence-corrected chi connectivity index (χ0v) is 18.0. The van der Waals surface area contributed by atoms with Crippen LogP contribution in [0.1, 0.15) is 22.5 Å². The molecule has 2 N–H and O–H groups in total. The van der Waals surface area contributed by atoms with Crippen LogP contribution in [0.3, 0.4) is 0 Å². The minimum atomic E-state index is -0.413. The van der Waals surface area contributed by atoms with E-state index in [2.05, 4.69) is 15.5 Å². The molecule has 1 aromatic heterocycles. The van der Waals surface area contributed by atoms with Crippen LogP contribution in [-0.2, 0) is 11.2 Å². The lowest BCUT2D eigenvalue weighted by Crippen LogP contribution is -2.38. The average molecular weight is 445 g/mol. The number of aryl methyl sites for hydroxylation is 1. The molecule has 6 nitrogen and oxygen atoms in total. The molecular formula is C22H22Cl2N4O2. The number of aromatic nitrogens is 2. The Morgan fingerprint density at radius 1 is 1.10 bits per heavy atom. The number of carbonyl (C=O) groups excluding carboxylic acids is 2. The number of hydrogen-bond acceptors (Lipinski definition) is 3. The van der Waals surface area contributed by atoms with Crippen LogP contribution >= 0.6 is 23.2 Å². The van der Waals surface area contributed by atoms with E-state index in [1.165, 1.54) is 12.1 Å². The van der Waals surface area contributed by atoms with E-state index in [0.29, 0.717) is 11.6 Å². The number of hydrogen-bond donors (Lipinski definition) is 2. The van der Waals surface area contributed by atoms with Crippen molar-refractivity contribution in [1.82, 2.24) is 20.4 Å². The Morgan fingerprint density at radius 3 is 2.60 bits per heavy atom. The maximum absolute atomic E-state index is 12.3. The lowest BCUT2D eigenvalue weighted by atomic mass is 10.1. The Bertz CT molecular complexity index is 1020. The summed E-state index contributed by atoms with van der Waals surface area (Å²) in [5.74, 6) is -0.590. The van der Waals surface area contributed by atoms with E-state index in [0.717, 1.165) is 29.8 Å². The fraction of sp³-hybridized carbons (Fsp3) is 0.227. The van der Waals surface area contributed by atoms with Crippen molar-refractivity contribution in [2.24, 2.45) is 0 Å². The standard InChI is InChI=1S/C22H22Cl2N4O2/c1-28(21(29)14-25-22(30)18-10-9-16(23)12-19(18)24)11-5-8-17-13-20(27-26-17)15-6-3-2-4-7-15/h2-4,6-7,9-10,12-13H,5,8,11,14H2,1H3,(H,25,30)(H,26,27). The lowest BCUT2D eigenvalue weighted by molar-refractivity contribution is -0.128. The molecule has 0 aliphatic rings. The summed E-state index contributed by atoms with van der Waals surface area (Å²) in [5.41, 5.74) is 3.26. The Kier molecular flexibility index (Phi) is 7.49. The smallest absolute Gasteiger partial charge is 0.253 e. The number of amides is 2. The van der Waals surface area contributed by atoms with Crippen LogP contribution in [0.15, 0.2) is 54.6 Å². The van der Waals surface area contributed by atoms with E-state index in [4.69, 9.17) is 23.2 Å². The van der Waals surface area contributed by atoms with Gasteiger partial charge >= 0.3 is 0 Å². The number of nitrogens with zero attached hydrogens (tertiary/aromatic N) is 2. The van der Waals surface area contributed by atoms with E-state index < -0.39 is 5.91 Å². The van der Waals surface area contributed by atoms with Crippen LogP contribution in [-0.4, -0.2) is 47.0 Å². The van der Waals surface area contributed by atoms with Crippen molar-refractivity contribution >= 4 is 35.0 Å². The van der Waals surface area contributed by atoms with Gasteiger partial charge in [-0.1, -0.05) is 53.5 Å². The van der Waals surface area contributed by atoms with Crippen molar-refractivity contribution in [3.8, 4) is 11.3 Å². The molecule has 156 valence electrons. The summed E-state index contributed by atoms with van der Waals surface area (Å²) in [6.45, 7) is 0.465. The predicted octanol–water partition coefficient (Wildman–Crippen LogP) is 4.20. The Balaban J connectivity index is 1.42. The molecule has 3 rings (SSSR count). The minimum absolute atomic E-state index is 0.101. The largest absolute Gasteiger partial charge is 0.344 e. The van der Waals surface area contributed by atoms with E-state index in [9.17, 15) is 9.59 Å². The van der Waals surface area contributed by atoms with Gasteiger partial charge in [0.1, 0.15) is 0 Å². The third kappa shape index (κ3) is 5.84. The summed E-state index contributed by atoms with van der Waals surface area (Å²) in [7, 11) is 1.71. The lowest BCUT2D eigenvalue weighted by Gasteiger charge is -2.17. The van der Waals surface area contributed by atoms with Gasteiger partial charge in [0.05, 0.1) is 22.8 Å². The number of aromatic amines is 1. The molecule has 0 saturated heterocycles. The highest BCUT2D eigenvalue weighted by atomic mass is 35.5. The monoisotopic (exact) mass is 444 g/mol. The first-order chi connectivity index (χ1) is 14.4. The number of nitrogens with one attached hydrogen (secondary N) is 2. The summed E-state index contributed by atoms with van der Waals surface area (Å²) in [6.07, 6.45) is 1.54. The summed E-state index contributed by atoms with van der Waals surface area (Å²) in [4.78, 5) is 26.1. The second kappa shape index (κ2) is 10.3. The number of benzene rings is 2. The number of carbonyl (C=O) groups is 2. The zero-order chi connectivity index (χ0) is 21.5. The fourth-order valence-corrected chi connectivity index (χ4v) is 3.43. The van der Waals surface area contributed by atoms with Gasteiger partial charge in [-0.15, -0.1) is 0 Å². The highest BCUT2D eigenvalue weighted by Gasteiger charge is 2.14. The van der Waals surface area contributed by atoms with Crippen LogP contribution in [0.25, 0.3) is 11.3 Å². The van der Waals surface area contributed by atoms with Gasteiger partial charge in [-0.3, -0.25) is 14.7 Å². The van der Waals surface area contributed by atoms with Crippen LogP contribution in [0.5, 0.6) is 0 Å². The van der Waals surface area contributed by atoms with Gasteiger partial charge in [0, 0.05) is 29.9 Å². The van der Waals surface area contributed by atoms with Crippen LogP contribution in [0, 0.1) is 0 Å². The minimum Gasteiger partial charge on any atom is -0.344 e. The molecule has 2 aromatic carbocycles. The molecule has 8 heteroatoms. The molecule has 1 heterocycles. The van der Waals surface area contributed by atoms with E-state index >= 15 is 0 Å². The van der Waals surface area contributed by atoms with Crippen molar-refractivity contribution in [1.29, 1.82) is 0 Å². The number of halogens is 2. The molecule has 0 saturated carbocycles. The highest BCUT2D eigenvalue weighted by Crippen LogP contribution is 2.21. The third-order valence-corrected chi connectivity index (χ3v) is 5.19. The predicted molar refractivity (Wildman–Crippen MR) is 119 cm³/mol. The van der Waals surface area contributed by atoms with Crippen molar-refractivity contribution in [2.45, 2.75) is 12.8 Å². The first kappa shape index (κ1) is 21.9. The topological polar surface area (TPSA) is 78.1 Å². The number of H-pyrrole nitrogens is 1. The second-order valence-electron chi connectivity index (χ2n) is 6.87. The molecule has 0 unspecified atom stereocenters. The van der Waals surface area contributed by atoms with Crippen LogP contribution < -0.4 is 5.32 Å². The normalized spacial score (nSPS) is 10.6. The molecule has 0 fully saturated rings. The molecule has 3 aromatic rings. The molecule has 0 spiro atoms. The summed E-state index contributed by atoms with van der Waals surface area (Å²) >= 11 is 11.9. The van der Waals surface area contributed by atoms with E-state index in [1.807, 2.05) is 36.4 Å². The molecule has 30 heavy (non-hydrogen) atoms.